The molecule has 0 aliphatic heterocycles. The molecule has 3 rings (SSSR count). The summed E-state index contributed by atoms with van der Waals surface area (Å²) >= 11 is 1.24. The maximum Gasteiger partial charge on any atom is 0.333 e. The van der Waals surface area contributed by atoms with Crippen molar-refractivity contribution >= 4 is 44.1 Å². The third-order valence-electron chi connectivity index (χ3n) is 6.01. The van der Waals surface area contributed by atoms with Gasteiger partial charge in [-0.1, -0.05) is 17.4 Å². The van der Waals surface area contributed by atoms with Crippen molar-refractivity contribution in [2.24, 2.45) is 0 Å². The minimum Gasteiger partial charge on any atom is -0.372 e. The smallest absolute Gasteiger partial charge is 0.333 e. The monoisotopic (exact) mass is 498 g/mol. The van der Waals surface area contributed by atoms with Crippen LogP contribution in [0, 0.1) is 6.92 Å². The van der Waals surface area contributed by atoms with Crippen molar-refractivity contribution < 1.29 is 4.79 Å². The molecule has 0 atom stereocenters. The van der Waals surface area contributed by atoms with Crippen molar-refractivity contribution in [3.05, 3.63) is 57.3 Å². The zero-order valence-electron chi connectivity index (χ0n) is 21.1. The van der Waals surface area contributed by atoms with Gasteiger partial charge in [-0.15, -0.1) is 6.58 Å². The number of nitrogens with zero attached hydrogens (tertiary/aromatic N) is 5. The number of anilines is 3. The van der Waals surface area contributed by atoms with E-state index in [0.717, 1.165) is 28.9 Å². The van der Waals surface area contributed by atoms with Crippen LogP contribution in [0.25, 0.3) is 10.3 Å². The molecule has 0 aliphatic rings. The number of thiazole rings is 1. The molecule has 1 aromatic carbocycles. The van der Waals surface area contributed by atoms with Crippen LogP contribution in [0.1, 0.15) is 33.3 Å². The molecular weight excluding hydrogens is 464 g/mol. The van der Waals surface area contributed by atoms with Crippen LogP contribution in [0.4, 0.5) is 16.5 Å². The lowest BCUT2D eigenvalue weighted by Crippen LogP contribution is -2.41. The second-order valence-electron chi connectivity index (χ2n) is 8.11. The molecule has 1 amide bonds. The quantitative estimate of drug-likeness (QED) is 0.407. The number of aryl methyl sites for hydroxylation is 1. The molecule has 35 heavy (non-hydrogen) atoms. The molecule has 0 spiro atoms. The fraction of sp³-hybridized carbons (Fsp3) is 0.440. The topological polar surface area (TPSA) is 92.5 Å². The lowest BCUT2D eigenvalue weighted by atomic mass is 10.1. The Bertz CT molecular complexity index is 1330. The molecule has 2 heterocycles. The predicted molar refractivity (Wildman–Crippen MR) is 145 cm³/mol. The van der Waals surface area contributed by atoms with E-state index in [4.69, 9.17) is 0 Å². The highest BCUT2D eigenvalue weighted by atomic mass is 32.1. The fourth-order valence-corrected chi connectivity index (χ4v) is 5.18. The van der Waals surface area contributed by atoms with Crippen LogP contribution in [0.3, 0.4) is 0 Å². The molecule has 0 bridgehead atoms. The Morgan fingerprint density at radius 3 is 2.31 bits per heavy atom. The summed E-state index contributed by atoms with van der Waals surface area (Å²) in [5, 5.41) is 3.56. The highest BCUT2D eigenvalue weighted by molar-refractivity contribution is 7.22. The first-order valence-electron chi connectivity index (χ1n) is 11.9. The van der Waals surface area contributed by atoms with Gasteiger partial charge >= 0.3 is 5.69 Å². The summed E-state index contributed by atoms with van der Waals surface area (Å²) in [6.07, 6.45) is 1.49. The van der Waals surface area contributed by atoms with Crippen LogP contribution >= 0.6 is 11.3 Å². The van der Waals surface area contributed by atoms with Crippen LogP contribution in [0.5, 0.6) is 0 Å². The molecule has 1 N–H and O–H groups in total. The van der Waals surface area contributed by atoms with Crippen molar-refractivity contribution in [1.29, 1.82) is 0 Å². The minimum atomic E-state index is -0.581. The maximum atomic E-state index is 13.2. The van der Waals surface area contributed by atoms with Gasteiger partial charge in [0.05, 0.1) is 0 Å². The summed E-state index contributed by atoms with van der Waals surface area (Å²) in [5.41, 5.74) is 1.93. The third kappa shape index (κ3) is 5.32. The second-order valence-corrected chi connectivity index (χ2v) is 9.09. The SMILES string of the molecule is C=CCn1c(=O)c2sc(N(CC)CC)nc2n(CC(=O)Nc2ccc(N(CC)CC)cc2C)c1=O. The van der Waals surface area contributed by atoms with E-state index in [-0.39, 0.29) is 24.6 Å². The van der Waals surface area contributed by atoms with E-state index < -0.39 is 11.2 Å². The molecule has 9 nitrogen and oxygen atoms in total. The van der Waals surface area contributed by atoms with Gasteiger partial charge in [0.2, 0.25) is 5.91 Å². The van der Waals surface area contributed by atoms with Crippen molar-refractivity contribution in [2.45, 2.75) is 47.7 Å². The molecule has 3 aromatic rings. The number of benzene rings is 1. The van der Waals surface area contributed by atoms with E-state index in [1.54, 1.807) is 0 Å². The lowest BCUT2D eigenvalue weighted by molar-refractivity contribution is -0.116. The zero-order valence-corrected chi connectivity index (χ0v) is 21.9. The summed E-state index contributed by atoms with van der Waals surface area (Å²) in [7, 11) is 0. The molecule has 2 aromatic heterocycles. The maximum absolute atomic E-state index is 13.2. The first-order chi connectivity index (χ1) is 16.8. The summed E-state index contributed by atoms with van der Waals surface area (Å²) in [6, 6.07) is 5.88. The van der Waals surface area contributed by atoms with Crippen LogP contribution in [0.15, 0.2) is 40.4 Å². The van der Waals surface area contributed by atoms with E-state index in [0.29, 0.717) is 28.6 Å². The summed E-state index contributed by atoms with van der Waals surface area (Å²) in [4.78, 5) is 48.1. The Morgan fingerprint density at radius 1 is 1.09 bits per heavy atom. The van der Waals surface area contributed by atoms with Gasteiger partial charge in [-0.05, 0) is 58.4 Å². The first kappa shape index (κ1) is 26.2. The van der Waals surface area contributed by atoms with Gasteiger partial charge in [-0.2, -0.15) is 0 Å². The van der Waals surface area contributed by atoms with Crippen LogP contribution in [-0.2, 0) is 17.9 Å². The van der Waals surface area contributed by atoms with Gasteiger partial charge in [-0.3, -0.25) is 18.7 Å². The number of allylic oxidation sites excluding steroid dienone is 1. The number of rotatable bonds is 11. The fourth-order valence-electron chi connectivity index (χ4n) is 4.04. The Kier molecular flexibility index (Phi) is 8.50. The predicted octanol–water partition coefficient (Wildman–Crippen LogP) is 3.45. The highest BCUT2D eigenvalue weighted by Gasteiger charge is 2.21. The third-order valence-corrected chi connectivity index (χ3v) is 7.11. The molecule has 0 aliphatic carbocycles. The molecule has 0 unspecified atom stereocenters. The van der Waals surface area contributed by atoms with Crippen molar-refractivity contribution in [3.8, 4) is 0 Å². The number of nitrogens with one attached hydrogen (secondary N) is 1. The molecule has 10 heteroatoms. The molecular formula is C25H34N6O3S. The van der Waals surface area contributed by atoms with Crippen LogP contribution in [-0.4, -0.2) is 46.2 Å². The van der Waals surface area contributed by atoms with Gasteiger partial charge in [0.1, 0.15) is 11.2 Å². The average Bonchev–Trinajstić information content (AvgIpc) is 3.28. The van der Waals surface area contributed by atoms with Crippen molar-refractivity contribution in [1.82, 2.24) is 14.1 Å². The van der Waals surface area contributed by atoms with Gasteiger partial charge < -0.3 is 15.1 Å². The number of carbonyl (C=O) groups is 1. The first-order valence-corrected chi connectivity index (χ1v) is 12.8. The van der Waals surface area contributed by atoms with E-state index in [2.05, 4.69) is 35.6 Å². The normalized spacial score (nSPS) is 11.0. The largest absolute Gasteiger partial charge is 0.372 e. The highest BCUT2D eigenvalue weighted by Crippen LogP contribution is 2.26. The van der Waals surface area contributed by atoms with Crippen molar-refractivity contribution in [2.75, 3.05) is 41.3 Å². The second kappa shape index (κ2) is 11.4. The van der Waals surface area contributed by atoms with E-state index in [9.17, 15) is 14.4 Å². The zero-order chi connectivity index (χ0) is 25.7. The Labute approximate surface area is 209 Å². The van der Waals surface area contributed by atoms with Gasteiger partial charge in [0.15, 0.2) is 10.8 Å². The minimum absolute atomic E-state index is 0.0552. The number of fused-ring (bicyclic) bond motifs is 1. The Balaban J connectivity index is 2.00. The van der Waals surface area contributed by atoms with Gasteiger partial charge in [0, 0.05) is 44.1 Å². The van der Waals surface area contributed by atoms with Gasteiger partial charge in [-0.25, -0.2) is 9.78 Å². The molecule has 0 fully saturated rings. The molecule has 0 saturated carbocycles. The van der Waals surface area contributed by atoms with Crippen LogP contribution in [0.2, 0.25) is 0 Å². The standard InChI is InChI=1S/C25H34N6O3S/c1-7-14-30-23(33)21-22(27-24(35-21)29(10-4)11-5)31(25(30)34)16-20(32)26-19-13-12-18(15-17(19)6)28(8-2)9-3/h7,12-13,15H,1,8-11,14,16H2,2-6H3,(H,26,32). The average molecular weight is 499 g/mol. The Hall–Kier alpha value is -3.40. The van der Waals surface area contributed by atoms with E-state index >= 15 is 0 Å². The lowest BCUT2D eigenvalue weighted by Gasteiger charge is -2.22. The summed E-state index contributed by atoms with van der Waals surface area (Å²) in [6.45, 7) is 16.8. The number of hydrogen-bond acceptors (Lipinski definition) is 7. The summed E-state index contributed by atoms with van der Waals surface area (Å²) in [5.74, 6) is -0.367. The molecule has 188 valence electrons. The van der Waals surface area contributed by atoms with Crippen LogP contribution < -0.4 is 26.4 Å². The number of carbonyl (C=O) groups excluding carboxylic acids is 1. The van der Waals surface area contributed by atoms with E-state index in [1.807, 2.05) is 43.9 Å². The molecule has 0 saturated heterocycles. The number of aromatic nitrogens is 3. The Morgan fingerprint density at radius 2 is 1.74 bits per heavy atom. The molecule has 0 radical (unpaired) electrons. The number of amides is 1. The van der Waals surface area contributed by atoms with Gasteiger partial charge in [0.25, 0.3) is 5.56 Å². The van der Waals surface area contributed by atoms with E-state index in [1.165, 1.54) is 22.0 Å². The van der Waals surface area contributed by atoms with Crippen molar-refractivity contribution in [3.63, 3.8) is 0 Å². The number of hydrogen-bond donors (Lipinski definition) is 1. The summed E-state index contributed by atoms with van der Waals surface area (Å²) < 4.78 is 2.72.